The minimum absolute atomic E-state index is 0.104. The van der Waals surface area contributed by atoms with Crippen molar-refractivity contribution < 1.29 is 9.53 Å². The fraction of sp³-hybridized carbons (Fsp3) is 0.0741. The van der Waals surface area contributed by atoms with Gasteiger partial charge in [0.15, 0.2) is 0 Å². The van der Waals surface area contributed by atoms with E-state index in [-0.39, 0.29) is 5.91 Å². The quantitative estimate of drug-likeness (QED) is 0.345. The van der Waals surface area contributed by atoms with Crippen molar-refractivity contribution in [2.75, 3.05) is 11.9 Å². The smallest absolute Gasteiger partial charge is 0.258 e. The molecule has 1 amide bonds. The van der Waals surface area contributed by atoms with E-state index in [1.165, 1.54) is 0 Å². The molecule has 0 fully saturated rings. The van der Waals surface area contributed by atoms with Crippen molar-refractivity contribution in [3.8, 4) is 16.9 Å². The molecule has 0 aliphatic heterocycles. The maximum absolute atomic E-state index is 12.9. The zero-order valence-corrected chi connectivity index (χ0v) is 17.8. The van der Waals surface area contributed by atoms with E-state index in [2.05, 4.69) is 6.07 Å². The number of ether oxygens (including phenoxy) is 1. The molecule has 4 aromatic rings. The van der Waals surface area contributed by atoms with Gasteiger partial charge in [0.05, 0.1) is 0 Å². The van der Waals surface area contributed by atoms with Crippen LogP contribution < -0.4 is 9.64 Å². The van der Waals surface area contributed by atoms with Gasteiger partial charge < -0.3 is 9.64 Å². The van der Waals surface area contributed by atoms with Gasteiger partial charge in [0, 0.05) is 23.3 Å². The lowest BCUT2D eigenvalue weighted by molar-refractivity contribution is 0.0993. The molecule has 3 nitrogen and oxygen atoms in total. The second-order valence-electron chi connectivity index (χ2n) is 7.13. The predicted molar refractivity (Wildman–Crippen MR) is 126 cm³/mol. The second-order valence-corrected chi connectivity index (χ2v) is 7.57. The van der Waals surface area contributed by atoms with Gasteiger partial charge in [-0.25, -0.2) is 0 Å². The molecule has 1 radical (unpaired) electrons. The van der Waals surface area contributed by atoms with Crippen LogP contribution in [0.15, 0.2) is 97.1 Å². The molecule has 0 saturated carbocycles. The van der Waals surface area contributed by atoms with Crippen LogP contribution in [-0.2, 0) is 6.61 Å². The largest absolute Gasteiger partial charge is 0.489 e. The number of amides is 1. The maximum atomic E-state index is 12.9. The Morgan fingerprint density at radius 2 is 1.74 bits per heavy atom. The fourth-order valence-corrected chi connectivity index (χ4v) is 3.44. The predicted octanol–water partition coefficient (Wildman–Crippen LogP) is 6.66. The lowest BCUT2D eigenvalue weighted by atomic mass is 10.1. The Kier molecular flexibility index (Phi) is 6.34. The Labute approximate surface area is 187 Å². The zero-order valence-electron chi connectivity index (χ0n) is 17.1. The molecule has 4 aromatic carbocycles. The van der Waals surface area contributed by atoms with Crippen LogP contribution in [0.25, 0.3) is 11.1 Å². The molecular formula is C27H21ClNO2. The summed E-state index contributed by atoms with van der Waals surface area (Å²) in [6.07, 6.45) is 0. The summed E-state index contributed by atoms with van der Waals surface area (Å²) in [6, 6.07) is 33.7. The number of nitrogens with zero attached hydrogens (tertiary/aromatic N) is 1. The zero-order chi connectivity index (χ0) is 21.6. The molecular weight excluding hydrogens is 406 g/mol. The Morgan fingerprint density at radius 3 is 2.48 bits per heavy atom. The van der Waals surface area contributed by atoms with Crippen LogP contribution >= 0.6 is 11.6 Å². The van der Waals surface area contributed by atoms with Gasteiger partial charge in [-0.3, -0.25) is 4.79 Å². The van der Waals surface area contributed by atoms with Crippen molar-refractivity contribution in [2.24, 2.45) is 0 Å². The topological polar surface area (TPSA) is 29.5 Å². The van der Waals surface area contributed by atoms with Gasteiger partial charge in [0.25, 0.3) is 5.91 Å². The molecule has 0 unspecified atom stereocenters. The molecule has 4 heteroatoms. The first-order valence-electron chi connectivity index (χ1n) is 9.93. The Bertz CT molecular complexity index is 1170. The number of anilines is 1. The van der Waals surface area contributed by atoms with Gasteiger partial charge >= 0.3 is 0 Å². The third-order valence-corrected chi connectivity index (χ3v) is 5.19. The molecule has 0 atom stereocenters. The van der Waals surface area contributed by atoms with E-state index in [1.54, 1.807) is 30.1 Å². The molecule has 0 aliphatic carbocycles. The molecule has 31 heavy (non-hydrogen) atoms. The van der Waals surface area contributed by atoms with Gasteiger partial charge in [-0.15, -0.1) is 0 Å². The SMILES string of the molecule is CN(C(=O)c1cccc(COc2ccc(-c3[c]cccc3)cc2)c1)c1cccc(Cl)c1. The van der Waals surface area contributed by atoms with Gasteiger partial charge in [0.2, 0.25) is 0 Å². The van der Waals surface area contributed by atoms with Gasteiger partial charge in [-0.1, -0.05) is 66.2 Å². The first kappa shape index (κ1) is 20.7. The van der Waals surface area contributed by atoms with Crippen molar-refractivity contribution in [2.45, 2.75) is 6.61 Å². The Balaban J connectivity index is 1.42. The Hall–Kier alpha value is -3.56. The van der Waals surface area contributed by atoms with Crippen molar-refractivity contribution in [1.29, 1.82) is 0 Å². The van der Waals surface area contributed by atoms with E-state index < -0.39 is 0 Å². The number of hydrogen-bond donors (Lipinski definition) is 0. The number of benzene rings is 4. The summed E-state index contributed by atoms with van der Waals surface area (Å²) < 4.78 is 5.93. The van der Waals surface area contributed by atoms with E-state index in [1.807, 2.05) is 78.9 Å². The standard InChI is InChI=1S/C27H21ClNO2/c1-29(25-12-6-11-24(28)18-25)27(30)23-10-5-7-20(17-23)19-31-26-15-13-22(14-16-26)21-8-3-2-4-9-21/h2-8,10-18H,19H2,1H3. The molecule has 0 aromatic heterocycles. The van der Waals surface area contributed by atoms with Crippen molar-refractivity contribution in [3.05, 3.63) is 119 Å². The summed E-state index contributed by atoms with van der Waals surface area (Å²) in [5.41, 5.74) is 4.40. The average molecular weight is 427 g/mol. The van der Waals surface area contributed by atoms with Crippen LogP contribution in [0.4, 0.5) is 5.69 Å². The highest BCUT2D eigenvalue weighted by atomic mass is 35.5. The molecule has 0 bridgehead atoms. The maximum Gasteiger partial charge on any atom is 0.258 e. The molecule has 0 spiro atoms. The lowest BCUT2D eigenvalue weighted by Crippen LogP contribution is -2.26. The summed E-state index contributed by atoms with van der Waals surface area (Å²) in [5.74, 6) is 0.667. The number of rotatable bonds is 6. The number of carbonyl (C=O) groups is 1. The second kappa shape index (κ2) is 9.50. The van der Waals surface area contributed by atoms with Crippen LogP contribution in [0.3, 0.4) is 0 Å². The normalized spacial score (nSPS) is 10.5. The van der Waals surface area contributed by atoms with E-state index in [0.717, 1.165) is 28.1 Å². The fourth-order valence-electron chi connectivity index (χ4n) is 3.26. The van der Waals surface area contributed by atoms with E-state index in [4.69, 9.17) is 16.3 Å². The van der Waals surface area contributed by atoms with Crippen molar-refractivity contribution in [3.63, 3.8) is 0 Å². The van der Waals surface area contributed by atoms with Crippen LogP contribution in [0, 0.1) is 6.07 Å². The summed E-state index contributed by atoms with van der Waals surface area (Å²) in [4.78, 5) is 14.5. The summed E-state index contributed by atoms with van der Waals surface area (Å²) in [7, 11) is 1.74. The summed E-state index contributed by atoms with van der Waals surface area (Å²) in [5, 5.41) is 0.593. The summed E-state index contributed by atoms with van der Waals surface area (Å²) in [6.45, 7) is 0.374. The van der Waals surface area contributed by atoms with Crippen molar-refractivity contribution >= 4 is 23.2 Å². The monoisotopic (exact) mass is 426 g/mol. The molecule has 0 saturated heterocycles. The van der Waals surface area contributed by atoms with Gasteiger partial charge in [-0.2, -0.15) is 0 Å². The highest BCUT2D eigenvalue weighted by Gasteiger charge is 2.14. The molecule has 153 valence electrons. The van der Waals surface area contributed by atoms with Crippen LogP contribution in [-0.4, -0.2) is 13.0 Å². The first-order valence-corrected chi connectivity index (χ1v) is 10.3. The molecule has 4 rings (SSSR count). The van der Waals surface area contributed by atoms with Crippen molar-refractivity contribution in [1.82, 2.24) is 0 Å². The van der Waals surface area contributed by atoms with Crippen LogP contribution in [0.1, 0.15) is 15.9 Å². The van der Waals surface area contributed by atoms with Crippen LogP contribution in [0.5, 0.6) is 5.75 Å². The summed E-state index contributed by atoms with van der Waals surface area (Å²) >= 11 is 6.05. The third kappa shape index (κ3) is 5.14. The molecule has 0 heterocycles. The van der Waals surface area contributed by atoms with E-state index in [0.29, 0.717) is 17.2 Å². The van der Waals surface area contributed by atoms with E-state index >= 15 is 0 Å². The molecule has 0 aliphatic rings. The minimum Gasteiger partial charge on any atom is -0.489 e. The Morgan fingerprint density at radius 1 is 0.935 bits per heavy atom. The third-order valence-electron chi connectivity index (χ3n) is 4.95. The van der Waals surface area contributed by atoms with Gasteiger partial charge in [0.1, 0.15) is 12.4 Å². The van der Waals surface area contributed by atoms with E-state index in [9.17, 15) is 4.79 Å². The van der Waals surface area contributed by atoms with Gasteiger partial charge in [-0.05, 0) is 65.2 Å². The highest BCUT2D eigenvalue weighted by Crippen LogP contribution is 2.23. The number of carbonyl (C=O) groups excluding carboxylic acids is 1. The lowest BCUT2D eigenvalue weighted by Gasteiger charge is -2.18. The highest BCUT2D eigenvalue weighted by molar-refractivity contribution is 6.31. The average Bonchev–Trinajstić information content (AvgIpc) is 2.83. The number of halogens is 1. The number of hydrogen-bond acceptors (Lipinski definition) is 2. The molecule has 0 N–H and O–H groups in total. The minimum atomic E-state index is -0.104. The first-order chi connectivity index (χ1) is 15.1. The van der Waals surface area contributed by atoms with Crippen LogP contribution in [0.2, 0.25) is 5.02 Å².